The Bertz CT molecular complexity index is 632. The van der Waals surface area contributed by atoms with Crippen LogP contribution in [0.5, 0.6) is 5.88 Å². The van der Waals surface area contributed by atoms with Crippen molar-refractivity contribution in [2.45, 2.75) is 46.1 Å². The Morgan fingerprint density at radius 2 is 1.92 bits per heavy atom. The lowest BCUT2D eigenvalue weighted by Gasteiger charge is -2.32. The lowest BCUT2D eigenvalue weighted by Crippen LogP contribution is -2.43. The van der Waals surface area contributed by atoms with Crippen molar-refractivity contribution in [3.8, 4) is 5.88 Å². The summed E-state index contributed by atoms with van der Waals surface area (Å²) in [5, 5.41) is 2.84. The molecule has 7 heteroatoms. The molecule has 2 amide bonds. The number of carbonyl (C=O) groups is 2. The molecule has 1 aromatic heterocycles. The van der Waals surface area contributed by atoms with Gasteiger partial charge in [-0.3, -0.25) is 4.79 Å². The molecule has 0 aromatic carbocycles. The summed E-state index contributed by atoms with van der Waals surface area (Å²) in [6, 6.07) is 1.60. The minimum atomic E-state index is -0.486. The zero-order valence-corrected chi connectivity index (χ0v) is 15.6. The quantitative estimate of drug-likeness (QED) is 0.849. The molecular weight excluding hydrogens is 322 g/mol. The largest absolute Gasteiger partial charge is 0.480 e. The molecule has 1 fully saturated rings. The molecule has 1 aliphatic heterocycles. The number of anilines is 1. The Hall–Kier alpha value is -2.31. The van der Waals surface area contributed by atoms with Crippen LogP contribution >= 0.6 is 0 Å². The topological polar surface area (TPSA) is 80.8 Å². The van der Waals surface area contributed by atoms with Crippen molar-refractivity contribution in [1.29, 1.82) is 0 Å². The predicted octanol–water partition coefficient (Wildman–Crippen LogP) is 2.98. The molecule has 1 aliphatic rings. The van der Waals surface area contributed by atoms with Crippen molar-refractivity contribution < 1.29 is 19.1 Å². The maximum absolute atomic E-state index is 12.5. The molecule has 0 unspecified atom stereocenters. The van der Waals surface area contributed by atoms with Gasteiger partial charge in [0.15, 0.2) is 0 Å². The number of amides is 2. The van der Waals surface area contributed by atoms with Gasteiger partial charge in [-0.15, -0.1) is 0 Å². The minimum absolute atomic E-state index is 0.154. The summed E-state index contributed by atoms with van der Waals surface area (Å²) in [7, 11) is 1.51. The second-order valence-electron chi connectivity index (χ2n) is 7.29. The van der Waals surface area contributed by atoms with E-state index in [0.29, 0.717) is 37.5 Å². The van der Waals surface area contributed by atoms with Crippen LogP contribution in [-0.2, 0) is 9.53 Å². The van der Waals surface area contributed by atoms with Crippen molar-refractivity contribution in [1.82, 2.24) is 9.88 Å². The second-order valence-corrected chi connectivity index (χ2v) is 7.29. The highest BCUT2D eigenvalue weighted by Crippen LogP contribution is 2.25. The number of hydrogen-bond acceptors (Lipinski definition) is 5. The van der Waals surface area contributed by atoms with Crippen LogP contribution < -0.4 is 10.1 Å². The number of methoxy groups -OCH3 is 1. The van der Waals surface area contributed by atoms with Crippen molar-refractivity contribution in [2.75, 3.05) is 25.5 Å². The summed E-state index contributed by atoms with van der Waals surface area (Å²) >= 11 is 0. The van der Waals surface area contributed by atoms with Crippen LogP contribution in [0.3, 0.4) is 0 Å². The molecular formula is C18H27N3O4. The first-order valence-electron chi connectivity index (χ1n) is 8.49. The zero-order valence-electron chi connectivity index (χ0n) is 15.6. The first kappa shape index (κ1) is 19.0. The van der Waals surface area contributed by atoms with Gasteiger partial charge in [0, 0.05) is 19.3 Å². The molecule has 2 heterocycles. The number of carbonyl (C=O) groups excluding carboxylic acids is 2. The highest BCUT2D eigenvalue weighted by Gasteiger charge is 2.30. The van der Waals surface area contributed by atoms with Crippen molar-refractivity contribution >= 4 is 17.7 Å². The number of piperidine rings is 1. The zero-order chi connectivity index (χ0) is 18.6. The summed E-state index contributed by atoms with van der Waals surface area (Å²) in [5.74, 6) is 0.0400. The van der Waals surface area contributed by atoms with Gasteiger partial charge in [0.2, 0.25) is 5.88 Å². The fourth-order valence-corrected chi connectivity index (χ4v) is 2.71. The van der Waals surface area contributed by atoms with Gasteiger partial charge in [0.1, 0.15) is 11.3 Å². The molecule has 1 aromatic rings. The van der Waals surface area contributed by atoms with E-state index in [1.54, 1.807) is 11.1 Å². The SMILES string of the molecule is COc1ncc(C)cc1NC(=O)N1CCC(C(=O)OC(C)(C)C)CC1. The number of aryl methyl sites for hydroxylation is 1. The molecule has 0 atom stereocenters. The normalized spacial score (nSPS) is 15.6. The number of likely N-dealkylation sites (tertiary alicyclic amines) is 1. The maximum Gasteiger partial charge on any atom is 0.321 e. The summed E-state index contributed by atoms with van der Waals surface area (Å²) < 4.78 is 10.6. The Morgan fingerprint density at radius 3 is 2.48 bits per heavy atom. The van der Waals surface area contributed by atoms with E-state index in [1.165, 1.54) is 7.11 Å². The lowest BCUT2D eigenvalue weighted by molar-refractivity contribution is -0.161. The number of pyridine rings is 1. The number of urea groups is 1. The van der Waals surface area contributed by atoms with Gasteiger partial charge in [-0.1, -0.05) is 0 Å². The number of esters is 1. The van der Waals surface area contributed by atoms with Crippen LogP contribution in [0.1, 0.15) is 39.2 Å². The summed E-state index contributed by atoms with van der Waals surface area (Å²) in [4.78, 5) is 30.4. The molecule has 138 valence electrons. The summed E-state index contributed by atoms with van der Waals surface area (Å²) in [6.07, 6.45) is 2.89. The molecule has 2 rings (SSSR count). The number of ether oxygens (including phenoxy) is 2. The molecule has 25 heavy (non-hydrogen) atoms. The van der Waals surface area contributed by atoms with Crippen LogP contribution in [0.2, 0.25) is 0 Å². The molecule has 0 spiro atoms. The van der Waals surface area contributed by atoms with E-state index in [1.807, 2.05) is 33.8 Å². The van der Waals surface area contributed by atoms with Gasteiger partial charge in [0.25, 0.3) is 0 Å². The Kier molecular flexibility index (Phi) is 5.87. The smallest absolute Gasteiger partial charge is 0.321 e. The summed E-state index contributed by atoms with van der Waals surface area (Å²) in [6.45, 7) is 8.49. The highest BCUT2D eigenvalue weighted by atomic mass is 16.6. The van der Waals surface area contributed by atoms with Gasteiger partial charge in [-0.2, -0.15) is 0 Å². The van der Waals surface area contributed by atoms with Crippen LogP contribution in [0.15, 0.2) is 12.3 Å². The van der Waals surface area contributed by atoms with E-state index in [4.69, 9.17) is 9.47 Å². The first-order valence-corrected chi connectivity index (χ1v) is 8.49. The fourth-order valence-electron chi connectivity index (χ4n) is 2.71. The molecule has 0 bridgehead atoms. The predicted molar refractivity (Wildman–Crippen MR) is 94.7 cm³/mol. The van der Waals surface area contributed by atoms with Crippen LogP contribution in [-0.4, -0.2) is 47.7 Å². The number of nitrogens with one attached hydrogen (secondary N) is 1. The van der Waals surface area contributed by atoms with Crippen molar-refractivity contribution in [3.63, 3.8) is 0 Å². The van der Waals surface area contributed by atoms with Gasteiger partial charge < -0.3 is 19.7 Å². The molecule has 0 aliphatic carbocycles. The maximum atomic E-state index is 12.5. The highest BCUT2D eigenvalue weighted by molar-refractivity contribution is 5.90. The minimum Gasteiger partial charge on any atom is -0.480 e. The van der Waals surface area contributed by atoms with E-state index in [2.05, 4.69) is 10.3 Å². The molecule has 7 nitrogen and oxygen atoms in total. The Labute approximate surface area is 148 Å². The number of nitrogens with zero attached hydrogens (tertiary/aromatic N) is 2. The van der Waals surface area contributed by atoms with Crippen molar-refractivity contribution in [3.05, 3.63) is 17.8 Å². The fraction of sp³-hybridized carbons (Fsp3) is 0.611. The van der Waals surface area contributed by atoms with Gasteiger partial charge >= 0.3 is 12.0 Å². The van der Waals surface area contributed by atoms with Crippen LogP contribution in [0.4, 0.5) is 10.5 Å². The summed E-state index contributed by atoms with van der Waals surface area (Å²) in [5.41, 5.74) is 0.988. The van der Waals surface area contributed by atoms with Gasteiger partial charge in [0.05, 0.1) is 13.0 Å². The average Bonchev–Trinajstić information content (AvgIpc) is 2.53. The molecule has 0 radical (unpaired) electrons. The average molecular weight is 349 g/mol. The second kappa shape index (κ2) is 7.72. The number of aromatic nitrogens is 1. The van der Waals surface area contributed by atoms with Crippen LogP contribution in [0.25, 0.3) is 0 Å². The third kappa shape index (κ3) is 5.34. The Balaban J connectivity index is 1.91. The van der Waals surface area contributed by atoms with E-state index in [0.717, 1.165) is 5.56 Å². The van der Waals surface area contributed by atoms with E-state index in [9.17, 15) is 9.59 Å². The van der Waals surface area contributed by atoms with Crippen molar-refractivity contribution in [2.24, 2.45) is 5.92 Å². The first-order chi connectivity index (χ1) is 11.7. The standard InChI is InChI=1S/C18H27N3O4/c1-12-10-14(15(24-5)19-11-12)20-17(23)21-8-6-13(7-9-21)16(22)25-18(2,3)4/h10-11,13H,6-9H2,1-5H3,(H,20,23). The van der Waals surface area contributed by atoms with Crippen LogP contribution in [0, 0.1) is 12.8 Å². The monoisotopic (exact) mass is 349 g/mol. The molecule has 1 saturated heterocycles. The van der Waals surface area contributed by atoms with Gasteiger partial charge in [-0.05, 0) is 52.2 Å². The Morgan fingerprint density at radius 1 is 1.28 bits per heavy atom. The third-order valence-electron chi connectivity index (χ3n) is 3.95. The lowest BCUT2D eigenvalue weighted by atomic mass is 9.97. The van der Waals surface area contributed by atoms with E-state index in [-0.39, 0.29) is 17.9 Å². The number of hydrogen-bond donors (Lipinski definition) is 1. The number of rotatable bonds is 3. The third-order valence-corrected chi connectivity index (χ3v) is 3.95. The van der Waals surface area contributed by atoms with E-state index >= 15 is 0 Å². The molecule has 1 N–H and O–H groups in total. The van der Waals surface area contributed by atoms with E-state index < -0.39 is 5.60 Å². The molecule has 0 saturated carbocycles. The van der Waals surface area contributed by atoms with Gasteiger partial charge in [-0.25, -0.2) is 9.78 Å².